The highest BCUT2D eigenvalue weighted by Gasteiger charge is 2.43. The summed E-state index contributed by atoms with van der Waals surface area (Å²) in [5.41, 5.74) is 1.70. The van der Waals surface area contributed by atoms with Gasteiger partial charge in [0.25, 0.3) is 11.8 Å². The second-order valence-electron chi connectivity index (χ2n) is 8.23. The molecule has 0 spiro atoms. The van der Waals surface area contributed by atoms with Gasteiger partial charge >= 0.3 is 0 Å². The molecule has 2 amide bonds. The van der Waals surface area contributed by atoms with E-state index in [-0.39, 0.29) is 12.5 Å². The van der Waals surface area contributed by atoms with E-state index in [9.17, 15) is 19.1 Å². The number of fused-ring (bicyclic) bond motifs is 1. The Morgan fingerprint density at radius 3 is 2.24 bits per heavy atom. The topological polar surface area (TPSA) is 64.1 Å². The highest BCUT2D eigenvalue weighted by Crippen LogP contribution is 2.38. The van der Waals surface area contributed by atoms with E-state index >= 15 is 0 Å². The largest absolute Gasteiger partial charge is 0.395 e. The molecule has 1 saturated heterocycles. The van der Waals surface area contributed by atoms with Crippen LogP contribution in [0.3, 0.4) is 0 Å². The summed E-state index contributed by atoms with van der Waals surface area (Å²) in [5.74, 6) is -1.18. The third-order valence-electron chi connectivity index (χ3n) is 6.30. The number of benzene rings is 3. The molecule has 1 N–H and O–H groups in total. The number of hydrogen-bond donors (Lipinski definition) is 1. The first-order chi connectivity index (χ1) is 16.1. The van der Waals surface area contributed by atoms with E-state index in [0.29, 0.717) is 55.2 Å². The highest BCUT2D eigenvalue weighted by molar-refractivity contribution is 6.46. The van der Waals surface area contributed by atoms with Gasteiger partial charge in [0.15, 0.2) is 0 Å². The van der Waals surface area contributed by atoms with E-state index in [2.05, 4.69) is 4.90 Å². The van der Waals surface area contributed by atoms with Crippen molar-refractivity contribution in [2.75, 3.05) is 44.2 Å². The zero-order chi connectivity index (χ0) is 22.9. The van der Waals surface area contributed by atoms with Crippen LogP contribution in [-0.4, -0.2) is 66.1 Å². The summed E-state index contributed by atoms with van der Waals surface area (Å²) in [5, 5.41) is 11.0. The van der Waals surface area contributed by atoms with Crippen molar-refractivity contribution in [3.8, 4) is 0 Å². The van der Waals surface area contributed by atoms with Crippen LogP contribution in [-0.2, 0) is 9.59 Å². The second-order valence-corrected chi connectivity index (χ2v) is 8.23. The first-order valence-corrected chi connectivity index (χ1v) is 11.0. The fraction of sp³-hybridized carbons (Fsp3) is 0.231. The van der Waals surface area contributed by atoms with Crippen LogP contribution >= 0.6 is 0 Å². The Morgan fingerprint density at radius 2 is 1.52 bits per heavy atom. The average molecular weight is 445 g/mol. The zero-order valence-corrected chi connectivity index (χ0v) is 18.1. The molecule has 3 aromatic rings. The Bertz CT molecular complexity index is 1240. The molecule has 2 aliphatic rings. The molecule has 2 heterocycles. The van der Waals surface area contributed by atoms with Crippen molar-refractivity contribution < 1.29 is 19.1 Å². The normalized spacial score (nSPS) is 17.5. The molecule has 7 heteroatoms. The number of anilines is 1. The summed E-state index contributed by atoms with van der Waals surface area (Å²) < 4.78 is 13.6. The Labute approximate surface area is 191 Å². The van der Waals surface area contributed by atoms with Crippen molar-refractivity contribution in [2.45, 2.75) is 0 Å². The number of piperazine rings is 1. The van der Waals surface area contributed by atoms with E-state index in [0.717, 1.165) is 10.8 Å². The molecular formula is C26H24FN3O3. The van der Waals surface area contributed by atoms with Gasteiger partial charge in [-0.2, -0.15) is 0 Å². The Kier molecular flexibility index (Phi) is 5.66. The van der Waals surface area contributed by atoms with Gasteiger partial charge in [0.1, 0.15) is 11.5 Å². The molecule has 168 valence electrons. The number of aliphatic hydroxyl groups excluding tert-OH is 1. The van der Waals surface area contributed by atoms with E-state index in [1.54, 1.807) is 18.2 Å². The Balaban J connectivity index is 1.59. The third kappa shape index (κ3) is 3.79. The smallest absolute Gasteiger partial charge is 0.282 e. The quantitative estimate of drug-likeness (QED) is 0.612. The lowest BCUT2D eigenvalue weighted by atomic mass is 10.0. The molecule has 0 saturated carbocycles. The van der Waals surface area contributed by atoms with Gasteiger partial charge in [0.05, 0.1) is 17.9 Å². The van der Waals surface area contributed by atoms with Crippen molar-refractivity contribution in [1.82, 2.24) is 9.80 Å². The van der Waals surface area contributed by atoms with Gasteiger partial charge < -0.3 is 10.0 Å². The summed E-state index contributed by atoms with van der Waals surface area (Å²) in [7, 11) is 0. The van der Waals surface area contributed by atoms with Crippen LogP contribution in [0.4, 0.5) is 10.1 Å². The van der Waals surface area contributed by atoms with E-state index in [1.165, 1.54) is 17.0 Å². The van der Waals surface area contributed by atoms with E-state index < -0.39 is 11.7 Å². The van der Waals surface area contributed by atoms with Crippen molar-refractivity contribution in [3.63, 3.8) is 0 Å². The molecule has 0 radical (unpaired) electrons. The molecule has 0 unspecified atom stereocenters. The molecule has 3 aromatic carbocycles. The molecular weight excluding hydrogens is 421 g/mol. The predicted octanol–water partition coefficient (Wildman–Crippen LogP) is 2.87. The van der Waals surface area contributed by atoms with Gasteiger partial charge in [-0.3, -0.25) is 14.5 Å². The maximum absolute atomic E-state index is 13.8. The number of carbonyl (C=O) groups excluding carboxylic acids is 2. The number of hydrogen-bond acceptors (Lipinski definition) is 5. The summed E-state index contributed by atoms with van der Waals surface area (Å²) >= 11 is 0. The van der Waals surface area contributed by atoms with Gasteiger partial charge in [0.2, 0.25) is 0 Å². The molecule has 0 aliphatic carbocycles. The third-order valence-corrected chi connectivity index (χ3v) is 6.30. The van der Waals surface area contributed by atoms with Crippen molar-refractivity contribution in [3.05, 3.63) is 83.8 Å². The number of halogens is 1. The van der Waals surface area contributed by atoms with Crippen LogP contribution < -0.4 is 4.90 Å². The number of nitrogens with zero attached hydrogens (tertiary/aromatic N) is 3. The molecule has 5 rings (SSSR count). The minimum atomic E-state index is -0.407. The average Bonchev–Trinajstić information content (AvgIpc) is 3.10. The van der Waals surface area contributed by atoms with E-state index in [1.807, 2.05) is 41.3 Å². The zero-order valence-electron chi connectivity index (χ0n) is 18.1. The Morgan fingerprint density at radius 1 is 0.818 bits per heavy atom. The summed E-state index contributed by atoms with van der Waals surface area (Å²) in [6, 6.07) is 18.9. The van der Waals surface area contributed by atoms with Crippen LogP contribution in [0.5, 0.6) is 0 Å². The maximum atomic E-state index is 13.8. The number of rotatable bonds is 5. The lowest BCUT2D eigenvalue weighted by molar-refractivity contribution is -0.120. The fourth-order valence-corrected chi connectivity index (χ4v) is 4.65. The highest BCUT2D eigenvalue weighted by atomic mass is 19.1. The predicted molar refractivity (Wildman–Crippen MR) is 125 cm³/mol. The van der Waals surface area contributed by atoms with Crippen LogP contribution in [0, 0.1) is 5.82 Å². The molecule has 0 bridgehead atoms. The van der Waals surface area contributed by atoms with Crippen LogP contribution in [0.15, 0.2) is 72.4 Å². The van der Waals surface area contributed by atoms with Crippen molar-refractivity contribution in [2.24, 2.45) is 0 Å². The molecule has 33 heavy (non-hydrogen) atoms. The van der Waals surface area contributed by atoms with E-state index in [4.69, 9.17) is 0 Å². The minimum absolute atomic E-state index is 0.0792. The van der Waals surface area contributed by atoms with Gasteiger partial charge in [-0.25, -0.2) is 9.29 Å². The second kappa shape index (κ2) is 8.77. The summed E-state index contributed by atoms with van der Waals surface area (Å²) in [4.78, 5) is 32.9. The molecule has 2 aliphatic heterocycles. The van der Waals surface area contributed by atoms with Crippen LogP contribution in [0.25, 0.3) is 16.3 Å². The monoisotopic (exact) mass is 445 g/mol. The number of imide groups is 1. The maximum Gasteiger partial charge on any atom is 0.282 e. The van der Waals surface area contributed by atoms with Crippen molar-refractivity contribution in [1.29, 1.82) is 0 Å². The minimum Gasteiger partial charge on any atom is -0.395 e. The molecule has 0 aromatic heterocycles. The van der Waals surface area contributed by atoms with Gasteiger partial charge in [-0.1, -0.05) is 48.5 Å². The fourth-order valence-electron chi connectivity index (χ4n) is 4.65. The van der Waals surface area contributed by atoms with Crippen LogP contribution in [0.2, 0.25) is 0 Å². The number of carbonyl (C=O) groups is 2. The van der Waals surface area contributed by atoms with Gasteiger partial charge in [-0.05, 0) is 29.1 Å². The first-order valence-electron chi connectivity index (χ1n) is 11.0. The molecule has 0 atom stereocenters. The molecule has 6 nitrogen and oxygen atoms in total. The summed E-state index contributed by atoms with van der Waals surface area (Å²) in [6.45, 7) is 3.13. The molecule has 1 fully saturated rings. The Hall–Kier alpha value is -3.55. The van der Waals surface area contributed by atoms with Crippen molar-refractivity contribution >= 4 is 33.8 Å². The number of aliphatic hydroxyl groups is 1. The lowest BCUT2D eigenvalue weighted by Crippen LogP contribution is -2.48. The SMILES string of the molecule is O=C1C(c2ccc(F)cc2)=C(N2CCN(CCO)CC2)C(=O)N1c1cccc2ccccc12. The van der Waals surface area contributed by atoms with Crippen LogP contribution in [0.1, 0.15) is 5.56 Å². The first kappa shape index (κ1) is 21.3. The number of β-amino-alcohol motifs (C(OH)–C–C–N with tert-alkyl or cyclic N) is 1. The lowest BCUT2D eigenvalue weighted by Gasteiger charge is -2.36. The van der Waals surface area contributed by atoms with Gasteiger partial charge in [-0.15, -0.1) is 0 Å². The number of amides is 2. The standard InChI is InChI=1S/C26H24FN3O3/c27-20-10-8-19(9-11-20)23-24(29-14-12-28(13-15-29)16-17-31)26(33)30(25(23)32)22-7-3-5-18-4-1-2-6-21(18)22/h1-11,31H,12-17H2. The van der Waals surface area contributed by atoms with Gasteiger partial charge in [0, 0.05) is 38.1 Å². The summed E-state index contributed by atoms with van der Waals surface area (Å²) in [6.07, 6.45) is 0.